The largest absolute Gasteiger partial charge is 0.313 e. The molecule has 3 heteroatoms. The highest BCUT2D eigenvalue weighted by Crippen LogP contribution is 2.20. The summed E-state index contributed by atoms with van der Waals surface area (Å²) in [5.74, 6) is 0. The van der Waals surface area contributed by atoms with Crippen LogP contribution in [0.5, 0.6) is 0 Å². The van der Waals surface area contributed by atoms with E-state index >= 15 is 0 Å². The van der Waals surface area contributed by atoms with E-state index in [1.54, 1.807) is 11.3 Å². The van der Waals surface area contributed by atoms with Crippen LogP contribution >= 0.6 is 11.3 Å². The monoisotopic (exact) mass is 166 g/mol. The molecule has 1 aromatic rings. The number of nitrogens with one attached hydrogen (secondary N) is 1. The first kappa shape index (κ1) is 7.00. The maximum atomic E-state index is 4.26. The fourth-order valence-corrected chi connectivity index (χ4v) is 1.91. The van der Waals surface area contributed by atoms with Gasteiger partial charge in [0.25, 0.3) is 0 Å². The van der Waals surface area contributed by atoms with Crippen LogP contribution in [0, 0.1) is 0 Å². The predicted molar refractivity (Wildman–Crippen MR) is 47.6 cm³/mol. The van der Waals surface area contributed by atoms with E-state index in [1.807, 2.05) is 11.6 Å². The Morgan fingerprint density at radius 2 is 2.55 bits per heavy atom. The number of hydrogen-bond donors (Lipinski definition) is 1. The van der Waals surface area contributed by atoms with E-state index in [4.69, 9.17) is 0 Å². The van der Waals surface area contributed by atoms with Crippen LogP contribution in [0.3, 0.4) is 0 Å². The zero-order valence-electron chi connectivity index (χ0n) is 6.21. The third kappa shape index (κ3) is 1.49. The van der Waals surface area contributed by atoms with E-state index in [2.05, 4.69) is 16.4 Å². The van der Waals surface area contributed by atoms with Crippen LogP contribution in [0.25, 0.3) is 5.57 Å². The number of thiazole rings is 1. The van der Waals surface area contributed by atoms with Crippen molar-refractivity contribution in [3.8, 4) is 0 Å². The Bertz CT molecular complexity index is 251. The van der Waals surface area contributed by atoms with Crippen molar-refractivity contribution in [2.24, 2.45) is 0 Å². The second kappa shape index (κ2) is 3.15. The Kier molecular flexibility index (Phi) is 2.01. The minimum absolute atomic E-state index is 0.995. The Balaban J connectivity index is 2.22. The maximum absolute atomic E-state index is 4.26. The molecular formula is C8H10N2S. The highest BCUT2D eigenvalue weighted by atomic mass is 32.1. The summed E-state index contributed by atoms with van der Waals surface area (Å²) in [4.78, 5) is 4.26. The molecule has 0 atom stereocenters. The first-order chi connectivity index (χ1) is 5.47. The summed E-state index contributed by atoms with van der Waals surface area (Å²) in [7, 11) is 0. The zero-order chi connectivity index (χ0) is 7.52. The lowest BCUT2D eigenvalue weighted by molar-refractivity contribution is 0.738. The lowest BCUT2D eigenvalue weighted by Gasteiger charge is -2.10. The second-order valence-electron chi connectivity index (χ2n) is 2.52. The van der Waals surface area contributed by atoms with Gasteiger partial charge in [0.15, 0.2) is 0 Å². The standard InChI is InChI=1S/C8H10N2S/c1-3-9-4-2-7(1)8-10-5-6-11-8/h1,5-6,9H,2-4H2. The van der Waals surface area contributed by atoms with Gasteiger partial charge in [-0.15, -0.1) is 11.3 Å². The van der Waals surface area contributed by atoms with Crippen molar-refractivity contribution in [2.75, 3.05) is 13.1 Å². The van der Waals surface area contributed by atoms with Crippen LogP contribution in [0.15, 0.2) is 17.7 Å². The number of hydrogen-bond acceptors (Lipinski definition) is 3. The molecule has 0 bridgehead atoms. The number of nitrogens with zero attached hydrogens (tertiary/aromatic N) is 1. The molecule has 1 aliphatic rings. The summed E-state index contributed by atoms with van der Waals surface area (Å²) in [5, 5.41) is 6.49. The Hall–Kier alpha value is -0.670. The van der Waals surface area contributed by atoms with Crippen molar-refractivity contribution in [3.05, 3.63) is 22.7 Å². The minimum Gasteiger partial charge on any atom is -0.313 e. The molecule has 0 aromatic carbocycles. The molecule has 1 N–H and O–H groups in total. The second-order valence-corrected chi connectivity index (χ2v) is 3.42. The SMILES string of the molecule is C1=C(c2nccs2)CCNC1. The van der Waals surface area contributed by atoms with Gasteiger partial charge in [-0.2, -0.15) is 0 Å². The third-order valence-corrected chi connectivity index (χ3v) is 2.62. The average molecular weight is 166 g/mol. The molecule has 0 amide bonds. The third-order valence-electron chi connectivity index (χ3n) is 1.77. The van der Waals surface area contributed by atoms with E-state index in [9.17, 15) is 0 Å². The summed E-state index contributed by atoms with van der Waals surface area (Å²) < 4.78 is 0. The topological polar surface area (TPSA) is 24.9 Å². The zero-order valence-corrected chi connectivity index (χ0v) is 7.03. The number of aromatic nitrogens is 1. The molecule has 0 unspecified atom stereocenters. The first-order valence-corrected chi connectivity index (χ1v) is 4.64. The lowest BCUT2D eigenvalue weighted by atomic mass is 10.1. The van der Waals surface area contributed by atoms with Crippen LogP contribution in [0.4, 0.5) is 0 Å². The molecule has 0 fully saturated rings. The molecule has 0 spiro atoms. The molecule has 1 aromatic heterocycles. The van der Waals surface area contributed by atoms with E-state index in [-0.39, 0.29) is 0 Å². The summed E-state index contributed by atoms with van der Waals surface area (Å²) in [6.07, 6.45) is 5.21. The van der Waals surface area contributed by atoms with Crippen LogP contribution in [-0.2, 0) is 0 Å². The van der Waals surface area contributed by atoms with Crippen LogP contribution < -0.4 is 5.32 Å². The van der Waals surface area contributed by atoms with Crippen LogP contribution in [0.2, 0.25) is 0 Å². The molecular weight excluding hydrogens is 156 g/mol. The Labute approximate surface area is 70.0 Å². The van der Waals surface area contributed by atoms with Crippen LogP contribution in [0.1, 0.15) is 11.4 Å². The highest BCUT2D eigenvalue weighted by Gasteiger charge is 2.06. The van der Waals surface area contributed by atoms with Gasteiger partial charge in [-0.25, -0.2) is 4.98 Å². The van der Waals surface area contributed by atoms with Crippen molar-refractivity contribution in [3.63, 3.8) is 0 Å². The molecule has 2 rings (SSSR count). The molecule has 58 valence electrons. The summed E-state index contributed by atoms with van der Waals surface area (Å²) >= 11 is 1.72. The molecule has 0 saturated heterocycles. The van der Waals surface area contributed by atoms with E-state index in [1.165, 1.54) is 10.6 Å². The molecule has 0 aliphatic carbocycles. The minimum atomic E-state index is 0.995. The molecule has 1 aliphatic heterocycles. The van der Waals surface area contributed by atoms with Gasteiger partial charge in [0.2, 0.25) is 0 Å². The van der Waals surface area contributed by atoms with E-state index < -0.39 is 0 Å². The molecule has 0 saturated carbocycles. The quantitative estimate of drug-likeness (QED) is 0.684. The van der Waals surface area contributed by atoms with Gasteiger partial charge in [-0.05, 0) is 18.5 Å². The predicted octanol–water partition coefficient (Wildman–Crippen LogP) is 1.52. The van der Waals surface area contributed by atoms with Crippen molar-refractivity contribution < 1.29 is 0 Å². The van der Waals surface area contributed by atoms with Gasteiger partial charge in [0, 0.05) is 18.1 Å². The summed E-state index contributed by atoms with van der Waals surface area (Å²) in [6, 6.07) is 0. The van der Waals surface area contributed by atoms with Crippen molar-refractivity contribution in [1.29, 1.82) is 0 Å². The fourth-order valence-electron chi connectivity index (χ4n) is 1.20. The van der Waals surface area contributed by atoms with Gasteiger partial charge in [-0.1, -0.05) is 6.08 Å². The van der Waals surface area contributed by atoms with Crippen molar-refractivity contribution >= 4 is 16.9 Å². The average Bonchev–Trinajstić information content (AvgIpc) is 2.58. The molecule has 2 nitrogen and oxygen atoms in total. The molecule has 2 heterocycles. The Morgan fingerprint density at radius 1 is 1.55 bits per heavy atom. The van der Waals surface area contributed by atoms with Gasteiger partial charge < -0.3 is 5.32 Å². The van der Waals surface area contributed by atoms with E-state index in [0.29, 0.717) is 0 Å². The number of rotatable bonds is 1. The van der Waals surface area contributed by atoms with Gasteiger partial charge in [-0.3, -0.25) is 0 Å². The normalized spacial score (nSPS) is 18.0. The van der Waals surface area contributed by atoms with Crippen molar-refractivity contribution in [2.45, 2.75) is 6.42 Å². The first-order valence-electron chi connectivity index (χ1n) is 3.76. The van der Waals surface area contributed by atoms with E-state index in [0.717, 1.165) is 19.5 Å². The molecule has 0 radical (unpaired) electrons. The van der Waals surface area contributed by atoms with Gasteiger partial charge >= 0.3 is 0 Å². The smallest absolute Gasteiger partial charge is 0.118 e. The lowest BCUT2D eigenvalue weighted by Crippen LogP contribution is -2.19. The van der Waals surface area contributed by atoms with Crippen LogP contribution in [-0.4, -0.2) is 18.1 Å². The van der Waals surface area contributed by atoms with Gasteiger partial charge in [0.05, 0.1) is 0 Å². The summed E-state index contributed by atoms with van der Waals surface area (Å²) in [6.45, 7) is 2.08. The molecule has 11 heavy (non-hydrogen) atoms. The van der Waals surface area contributed by atoms with Gasteiger partial charge in [0.1, 0.15) is 5.01 Å². The maximum Gasteiger partial charge on any atom is 0.118 e. The highest BCUT2D eigenvalue weighted by molar-refractivity contribution is 7.10. The Morgan fingerprint density at radius 3 is 3.18 bits per heavy atom. The van der Waals surface area contributed by atoms with Crippen molar-refractivity contribution in [1.82, 2.24) is 10.3 Å². The fraction of sp³-hybridized carbons (Fsp3) is 0.375. The summed E-state index contributed by atoms with van der Waals surface area (Å²) in [5.41, 5.74) is 1.40.